The molecule has 0 radical (unpaired) electrons. The number of rotatable bonds is 7. The van der Waals surface area contributed by atoms with Crippen LogP contribution in [0.15, 0.2) is 70.8 Å². The molecule has 2 aromatic carbocycles. The van der Waals surface area contributed by atoms with Crippen molar-refractivity contribution >= 4 is 41.7 Å². The quantitative estimate of drug-likeness (QED) is 0.249. The maximum Gasteiger partial charge on any atom is 0.191 e. The molecule has 1 fully saturated rings. The van der Waals surface area contributed by atoms with Crippen LogP contribution >= 0.6 is 35.7 Å². The lowest BCUT2D eigenvalue weighted by atomic mass is 10.1. The van der Waals surface area contributed by atoms with Gasteiger partial charge in [0.15, 0.2) is 11.8 Å². The highest BCUT2D eigenvalue weighted by atomic mass is 127. The van der Waals surface area contributed by atoms with Gasteiger partial charge in [-0.3, -0.25) is 10.1 Å². The summed E-state index contributed by atoms with van der Waals surface area (Å²) < 4.78 is 0.283. The van der Waals surface area contributed by atoms with Crippen molar-refractivity contribution in [3.8, 4) is 11.4 Å². The number of H-pyrrole nitrogens is 1. The average molecular weight is 520 g/mol. The second-order valence-electron chi connectivity index (χ2n) is 6.91. The summed E-state index contributed by atoms with van der Waals surface area (Å²) in [6, 6.07) is 18.9. The van der Waals surface area contributed by atoms with Gasteiger partial charge < -0.3 is 10.6 Å². The minimum absolute atomic E-state index is 0. The van der Waals surface area contributed by atoms with Crippen LogP contribution < -0.4 is 10.6 Å². The summed E-state index contributed by atoms with van der Waals surface area (Å²) in [6.07, 6.45) is 3.98. The van der Waals surface area contributed by atoms with Gasteiger partial charge in [0.1, 0.15) is 6.33 Å². The maximum atomic E-state index is 4.37. The molecule has 1 heterocycles. The first-order chi connectivity index (χ1) is 13.8. The van der Waals surface area contributed by atoms with Crippen molar-refractivity contribution < 1.29 is 0 Å². The lowest BCUT2D eigenvalue weighted by Gasteiger charge is -2.18. The fourth-order valence-electron chi connectivity index (χ4n) is 3.02. The Hall–Kier alpha value is -2.07. The summed E-state index contributed by atoms with van der Waals surface area (Å²) in [6.45, 7) is 1.60. The largest absolute Gasteiger partial charge is 0.355 e. The van der Waals surface area contributed by atoms with Crippen LogP contribution in [0.2, 0.25) is 0 Å². The van der Waals surface area contributed by atoms with E-state index in [2.05, 4.69) is 73.3 Å². The van der Waals surface area contributed by atoms with Gasteiger partial charge in [-0.15, -0.1) is 35.7 Å². The van der Waals surface area contributed by atoms with Crippen LogP contribution in [-0.4, -0.2) is 39.5 Å². The molecule has 0 unspecified atom stereocenters. The van der Waals surface area contributed by atoms with Crippen molar-refractivity contribution in [2.75, 3.05) is 13.6 Å². The predicted molar refractivity (Wildman–Crippen MR) is 130 cm³/mol. The predicted octanol–water partition coefficient (Wildman–Crippen LogP) is 4.08. The number of halogens is 1. The van der Waals surface area contributed by atoms with Gasteiger partial charge in [0.05, 0.1) is 0 Å². The normalized spacial score (nSPS) is 14.7. The molecule has 1 aliphatic rings. The van der Waals surface area contributed by atoms with Crippen LogP contribution in [0.4, 0.5) is 0 Å². The molecule has 3 N–H and O–H groups in total. The Morgan fingerprint density at radius 3 is 2.66 bits per heavy atom. The summed E-state index contributed by atoms with van der Waals surface area (Å²) in [5.41, 5.74) is 2.19. The molecule has 4 rings (SSSR count). The maximum absolute atomic E-state index is 4.37. The summed E-state index contributed by atoms with van der Waals surface area (Å²) in [7, 11) is 1.81. The molecule has 3 aromatic rings. The smallest absolute Gasteiger partial charge is 0.191 e. The van der Waals surface area contributed by atoms with E-state index in [9.17, 15) is 0 Å². The number of guanidine groups is 1. The Bertz CT molecular complexity index is 925. The van der Waals surface area contributed by atoms with Gasteiger partial charge >= 0.3 is 0 Å². The van der Waals surface area contributed by atoms with Gasteiger partial charge in [0, 0.05) is 35.3 Å². The number of hydrogen-bond acceptors (Lipinski definition) is 4. The van der Waals surface area contributed by atoms with Crippen molar-refractivity contribution in [1.29, 1.82) is 0 Å². The topological polar surface area (TPSA) is 78.0 Å². The highest BCUT2D eigenvalue weighted by molar-refractivity contribution is 14.0. The lowest BCUT2D eigenvalue weighted by molar-refractivity contribution is 0.766. The van der Waals surface area contributed by atoms with Crippen molar-refractivity contribution in [2.45, 2.75) is 29.0 Å². The zero-order chi connectivity index (χ0) is 19.2. The molecule has 1 aromatic heterocycles. The molecule has 8 heteroatoms. The van der Waals surface area contributed by atoms with E-state index in [-0.39, 0.29) is 28.7 Å². The Morgan fingerprint density at radius 2 is 1.97 bits per heavy atom. The Labute approximate surface area is 192 Å². The molecule has 1 aliphatic carbocycles. The third kappa shape index (κ3) is 5.96. The van der Waals surface area contributed by atoms with Crippen LogP contribution in [0.1, 0.15) is 18.4 Å². The third-order valence-corrected chi connectivity index (χ3v) is 6.26. The summed E-state index contributed by atoms with van der Waals surface area (Å²) in [5, 5.41) is 13.7. The number of hydrogen-bond donors (Lipinski definition) is 3. The van der Waals surface area contributed by atoms with Crippen LogP contribution in [0.25, 0.3) is 11.4 Å². The molecule has 0 amide bonds. The zero-order valence-electron chi connectivity index (χ0n) is 16.3. The van der Waals surface area contributed by atoms with Gasteiger partial charge in [-0.2, -0.15) is 5.10 Å². The number of nitrogens with zero attached hydrogens (tertiary/aromatic N) is 3. The van der Waals surface area contributed by atoms with E-state index < -0.39 is 0 Å². The zero-order valence-corrected chi connectivity index (χ0v) is 19.4. The second-order valence-corrected chi connectivity index (χ2v) is 8.45. The highest BCUT2D eigenvalue weighted by Gasteiger charge is 2.43. The van der Waals surface area contributed by atoms with Crippen LogP contribution in [0.5, 0.6) is 0 Å². The number of nitrogens with one attached hydrogen (secondary N) is 3. The first-order valence-electron chi connectivity index (χ1n) is 9.40. The monoisotopic (exact) mass is 520 g/mol. The lowest BCUT2D eigenvalue weighted by Crippen LogP contribution is -2.40. The van der Waals surface area contributed by atoms with Crippen LogP contribution in [0.3, 0.4) is 0 Å². The van der Waals surface area contributed by atoms with Crippen LogP contribution in [-0.2, 0) is 6.54 Å². The van der Waals surface area contributed by atoms with E-state index in [1.807, 2.05) is 30.9 Å². The van der Waals surface area contributed by atoms with E-state index in [1.54, 1.807) is 0 Å². The number of thioether (sulfide) groups is 1. The molecule has 0 saturated heterocycles. The fraction of sp³-hybridized carbons (Fsp3) is 0.286. The van der Waals surface area contributed by atoms with E-state index in [0.717, 1.165) is 29.5 Å². The molecule has 1 saturated carbocycles. The molecule has 0 atom stereocenters. The van der Waals surface area contributed by atoms with Gasteiger partial charge in [0.25, 0.3) is 0 Å². The van der Waals surface area contributed by atoms with Gasteiger partial charge in [0.2, 0.25) is 0 Å². The minimum Gasteiger partial charge on any atom is -0.355 e. The van der Waals surface area contributed by atoms with Gasteiger partial charge in [-0.1, -0.05) is 36.4 Å². The number of aromatic nitrogens is 3. The molecular weight excluding hydrogens is 495 g/mol. The molecule has 0 aliphatic heterocycles. The fourth-order valence-corrected chi connectivity index (χ4v) is 4.26. The molecule has 6 nitrogen and oxygen atoms in total. The van der Waals surface area contributed by atoms with E-state index in [0.29, 0.717) is 6.54 Å². The van der Waals surface area contributed by atoms with E-state index in [4.69, 9.17) is 0 Å². The molecule has 0 spiro atoms. The minimum atomic E-state index is 0. The molecule has 29 heavy (non-hydrogen) atoms. The Balaban J connectivity index is 0.00000240. The Kier molecular flexibility index (Phi) is 7.54. The summed E-state index contributed by atoms with van der Waals surface area (Å²) >= 11 is 1.96. The molecular formula is C21H25IN6S. The summed E-state index contributed by atoms with van der Waals surface area (Å²) in [5.74, 6) is 1.60. The van der Waals surface area contributed by atoms with Crippen molar-refractivity contribution in [1.82, 2.24) is 25.8 Å². The highest BCUT2D eigenvalue weighted by Crippen LogP contribution is 2.51. The molecule has 0 bridgehead atoms. The first kappa shape index (κ1) is 21.6. The van der Waals surface area contributed by atoms with Gasteiger partial charge in [-0.05, 0) is 36.6 Å². The second kappa shape index (κ2) is 10.1. The van der Waals surface area contributed by atoms with Crippen LogP contribution in [0, 0.1) is 0 Å². The first-order valence-corrected chi connectivity index (χ1v) is 10.2. The number of aromatic amines is 1. The Morgan fingerprint density at radius 1 is 1.14 bits per heavy atom. The van der Waals surface area contributed by atoms with E-state index >= 15 is 0 Å². The van der Waals surface area contributed by atoms with Crippen molar-refractivity contribution in [2.24, 2.45) is 4.99 Å². The summed E-state index contributed by atoms with van der Waals surface area (Å²) in [4.78, 5) is 9.91. The van der Waals surface area contributed by atoms with E-state index in [1.165, 1.54) is 24.1 Å². The average Bonchev–Trinajstić information content (AvgIpc) is 3.27. The van der Waals surface area contributed by atoms with Crippen molar-refractivity contribution in [3.05, 3.63) is 66.5 Å². The van der Waals surface area contributed by atoms with Crippen molar-refractivity contribution in [3.63, 3.8) is 0 Å². The number of aliphatic imine (C=N–C) groups is 1. The SMILES string of the molecule is CN=C(NCc1cccc(-c2ncn[nH]2)c1)NCC1(Sc2ccccc2)CC1.I. The van der Waals surface area contributed by atoms with Gasteiger partial charge in [-0.25, -0.2) is 4.98 Å². The third-order valence-electron chi connectivity index (χ3n) is 4.76. The number of benzene rings is 2. The standard InChI is InChI=1S/C21H24N6S.HI/c1-22-20(24-14-21(10-11-21)28-18-8-3-2-4-9-18)23-13-16-6-5-7-17(12-16)19-25-15-26-27-19;/h2-9,12,15H,10-11,13-14H2,1H3,(H2,22,23,24)(H,25,26,27);1H. The molecule has 152 valence electrons.